The van der Waals surface area contributed by atoms with E-state index in [1.165, 1.54) is 5.56 Å². The maximum absolute atomic E-state index is 12.0. The minimum absolute atomic E-state index is 0.0262. The maximum atomic E-state index is 12.0. The Morgan fingerprint density at radius 2 is 2.26 bits per heavy atom. The fraction of sp³-hybridized carbons (Fsp3) is 0.471. The molecule has 1 N–H and O–H groups in total. The number of ether oxygens (including phenoxy) is 1. The lowest BCUT2D eigenvalue weighted by Gasteiger charge is -2.47. The van der Waals surface area contributed by atoms with Crippen molar-refractivity contribution in [3.8, 4) is 0 Å². The van der Waals surface area contributed by atoms with E-state index < -0.39 is 0 Å². The van der Waals surface area contributed by atoms with Gasteiger partial charge in [0.25, 0.3) is 5.91 Å². The van der Waals surface area contributed by atoms with E-state index in [0.717, 1.165) is 36.2 Å². The van der Waals surface area contributed by atoms with Crippen LogP contribution in [0, 0.1) is 0 Å². The first-order valence-corrected chi connectivity index (χ1v) is 7.88. The molecule has 2 aliphatic rings. The molecule has 23 heavy (non-hydrogen) atoms. The third-order valence-electron chi connectivity index (χ3n) is 5.28. The van der Waals surface area contributed by atoms with E-state index >= 15 is 0 Å². The van der Waals surface area contributed by atoms with Crippen LogP contribution in [0.2, 0.25) is 0 Å². The van der Waals surface area contributed by atoms with Gasteiger partial charge in [0.2, 0.25) is 0 Å². The van der Waals surface area contributed by atoms with E-state index in [-0.39, 0.29) is 17.4 Å². The minimum Gasteiger partial charge on any atom is -0.381 e. The van der Waals surface area contributed by atoms with Gasteiger partial charge in [-0.3, -0.25) is 4.79 Å². The summed E-state index contributed by atoms with van der Waals surface area (Å²) in [5.74, 6) is 0.989. The Hall–Kier alpha value is -2.21. The van der Waals surface area contributed by atoms with Gasteiger partial charge >= 0.3 is 0 Å². The fourth-order valence-corrected chi connectivity index (χ4v) is 3.77. The van der Waals surface area contributed by atoms with Crippen LogP contribution in [0.15, 0.2) is 24.5 Å². The van der Waals surface area contributed by atoms with Crippen molar-refractivity contribution >= 4 is 5.91 Å². The largest absolute Gasteiger partial charge is 0.381 e. The smallest absolute Gasteiger partial charge is 0.251 e. The van der Waals surface area contributed by atoms with E-state index in [9.17, 15) is 4.79 Å². The van der Waals surface area contributed by atoms with E-state index in [1.807, 2.05) is 11.6 Å². The Morgan fingerprint density at radius 3 is 2.96 bits per heavy atom. The summed E-state index contributed by atoms with van der Waals surface area (Å²) in [7, 11) is 3.72. The molecule has 0 radical (unpaired) electrons. The molecule has 0 saturated heterocycles. The standard InChI is InChI=1S/C17H20N4O2/c1-21-10-19-20-15(21)8-17(6-13(7-17)23-2)12-4-3-11-9-18-16(22)14(11)5-12/h3-5,10,13H,6-9H2,1-2H3,(H,18,22). The predicted octanol–water partition coefficient (Wildman–Crippen LogP) is 1.35. The van der Waals surface area contributed by atoms with Crippen molar-refractivity contribution in [3.05, 3.63) is 47.0 Å². The third kappa shape index (κ3) is 2.25. The van der Waals surface area contributed by atoms with Gasteiger partial charge < -0.3 is 14.6 Å². The van der Waals surface area contributed by atoms with Crippen molar-refractivity contribution in [2.75, 3.05) is 7.11 Å². The first-order chi connectivity index (χ1) is 11.1. The Balaban J connectivity index is 1.71. The summed E-state index contributed by atoms with van der Waals surface area (Å²) in [5, 5.41) is 11.1. The van der Waals surface area contributed by atoms with Crippen molar-refractivity contribution in [1.82, 2.24) is 20.1 Å². The number of aryl methyl sites for hydroxylation is 1. The Morgan fingerprint density at radius 1 is 1.43 bits per heavy atom. The third-order valence-corrected chi connectivity index (χ3v) is 5.28. The second-order valence-electron chi connectivity index (χ2n) is 6.64. The molecule has 6 heteroatoms. The van der Waals surface area contributed by atoms with Gasteiger partial charge in [-0.1, -0.05) is 12.1 Å². The molecule has 1 aliphatic heterocycles. The SMILES string of the molecule is COC1CC(Cc2nncn2C)(c2ccc3c(c2)C(=O)NC3)C1. The van der Waals surface area contributed by atoms with Crippen molar-refractivity contribution in [3.63, 3.8) is 0 Å². The molecule has 2 heterocycles. The molecule has 1 aromatic heterocycles. The highest BCUT2D eigenvalue weighted by molar-refractivity contribution is 5.98. The van der Waals surface area contributed by atoms with Crippen LogP contribution in [-0.4, -0.2) is 33.9 Å². The highest BCUT2D eigenvalue weighted by Gasteiger charge is 2.47. The van der Waals surface area contributed by atoms with Crippen LogP contribution in [0.5, 0.6) is 0 Å². The van der Waals surface area contributed by atoms with Gasteiger partial charge in [0.1, 0.15) is 12.2 Å². The Kier molecular flexibility index (Phi) is 3.23. The molecule has 6 nitrogen and oxygen atoms in total. The average Bonchev–Trinajstić information content (AvgIpc) is 3.09. The molecule has 1 aromatic carbocycles. The zero-order valence-corrected chi connectivity index (χ0v) is 13.4. The van der Waals surface area contributed by atoms with Gasteiger partial charge in [-0.15, -0.1) is 10.2 Å². The molecule has 1 amide bonds. The minimum atomic E-state index is -0.0284. The van der Waals surface area contributed by atoms with Crippen LogP contribution in [-0.2, 0) is 30.2 Å². The summed E-state index contributed by atoms with van der Waals surface area (Å²) in [4.78, 5) is 12.0. The Labute approximate surface area is 134 Å². The second kappa shape index (κ2) is 5.16. The van der Waals surface area contributed by atoms with Crippen LogP contribution in [0.3, 0.4) is 0 Å². The van der Waals surface area contributed by atoms with Gasteiger partial charge in [0.15, 0.2) is 0 Å². The van der Waals surface area contributed by atoms with Crippen molar-refractivity contribution in [1.29, 1.82) is 0 Å². The van der Waals surface area contributed by atoms with Crippen LogP contribution in [0.25, 0.3) is 0 Å². The molecule has 4 rings (SSSR count). The van der Waals surface area contributed by atoms with Gasteiger partial charge in [-0.05, 0) is 30.0 Å². The van der Waals surface area contributed by atoms with Gasteiger partial charge in [0, 0.05) is 38.1 Å². The number of rotatable bonds is 4. The molecular formula is C17H20N4O2. The zero-order chi connectivity index (χ0) is 16.0. The summed E-state index contributed by atoms with van der Waals surface area (Å²) in [6.45, 7) is 0.630. The molecule has 0 unspecified atom stereocenters. The molecule has 120 valence electrons. The van der Waals surface area contributed by atoms with E-state index in [2.05, 4.69) is 33.7 Å². The summed E-state index contributed by atoms with van der Waals surface area (Å²) in [5.41, 5.74) is 3.06. The van der Waals surface area contributed by atoms with Crippen LogP contribution in [0.4, 0.5) is 0 Å². The van der Waals surface area contributed by atoms with Gasteiger partial charge in [-0.2, -0.15) is 0 Å². The topological polar surface area (TPSA) is 69.0 Å². The molecule has 2 aromatic rings. The second-order valence-corrected chi connectivity index (χ2v) is 6.64. The lowest BCUT2D eigenvalue weighted by molar-refractivity contribution is -0.0195. The van der Waals surface area contributed by atoms with Crippen LogP contribution in [0.1, 0.15) is 40.2 Å². The van der Waals surface area contributed by atoms with Crippen molar-refractivity contribution in [2.45, 2.75) is 37.3 Å². The van der Waals surface area contributed by atoms with E-state index in [4.69, 9.17) is 4.74 Å². The van der Waals surface area contributed by atoms with Crippen LogP contribution >= 0.6 is 0 Å². The Bertz CT molecular complexity index is 762. The molecule has 1 fully saturated rings. The normalized spacial score (nSPS) is 25.8. The lowest BCUT2D eigenvalue weighted by Crippen LogP contribution is -2.47. The highest BCUT2D eigenvalue weighted by Crippen LogP contribution is 2.47. The monoisotopic (exact) mass is 312 g/mol. The molecule has 1 aliphatic carbocycles. The molecule has 0 spiro atoms. The first-order valence-electron chi connectivity index (χ1n) is 7.88. The van der Waals surface area contributed by atoms with Gasteiger partial charge in [0.05, 0.1) is 6.10 Å². The first kappa shape index (κ1) is 14.4. The number of nitrogens with one attached hydrogen (secondary N) is 1. The average molecular weight is 312 g/mol. The van der Waals surface area contributed by atoms with E-state index in [1.54, 1.807) is 13.4 Å². The summed E-state index contributed by atoms with van der Waals surface area (Å²) >= 11 is 0. The summed E-state index contributed by atoms with van der Waals surface area (Å²) < 4.78 is 7.46. The molecular weight excluding hydrogens is 292 g/mol. The summed E-state index contributed by atoms with van der Waals surface area (Å²) in [6, 6.07) is 6.28. The number of carbonyl (C=O) groups excluding carboxylic acids is 1. The number of carbonyl (C=O) groups is 1. The number of methoxy groups -OCH3 is 1. The number of benzene rings is 1. The van der Waals surface area contributed by atoms with E-state index in [0.29, 0.717) is 6.54 Å². The summed E-state index contributed by atoms with van der Waals surface area (Å²) in [6.07, 6.45) is 4.69. The number of amides is 1. The van der Waals surface area contributed by atoms with Crippen molar-refractivity contribution in [2.24, 2.45) is 7.05 Å². The fourth-order valence-electron chi connectivity index (χ4n) is 3.77. The number of nitrogens with zero attached hydrogens (tertiary/aromatic N) is 3. The van der Waals surface area contributed by atoms with Gasteiger partial charge in [-0.25, -0.2) is 0 Å². The number of hydrogen-bond donors (Lipinski definition) is 1. The predicted molar refractivity (Wildman–Crippen MR) is 84.0 cm³/mol. The number of aromatic nitrogens is 3. The zero-order valence-electron chi connectivity index (χ0n) is 13.4. The quantitative estimate of drug-likeness (QED) is 0.925. The number of fused-ring (bicyclic) bond motifs is 1. The van der Waals surface area contributed by atoms with Crippen LogP contribution < -0.4 is 5.32 Å². The molecule has 0 bridgehead atoms. The molecule has 1 saturated carbocycles. The molecule has 0 atom stereocenters. The maximum Gasteiger partial charge on any atom is 0.251 e. The van der Waals surface area contributed by atoms with Crippen molar-refractivity contribution < 1.29 is 9.53 Å². The lowest BCUT2D eigenvalue weighted by atomic mass is 9.60. The highest BCUT2D eigenvalue weighted by atomic mass is 16.5. The number of hydrogen-bond acceptors (Lipinski definition) is 4.